The third-order valence-corrected chi connectivity index (χ3v) is 6.67. The molecular formula is C22H27N3O6S. The van der Waals surface area contributed by atoms with Crippen molar-refractivity contribution < 1.29 is 27.8 Å². The fourth-order valence-electron chi connectivity index (χ4n) is 3.61. The first-order chi connectivity index (χ1) is 15.2. The molecule has 9 nitrogen and oxygen atoms in total. The summed E-state index contributed by atoms with van der Waals surface area (Å²) < 4.78 is 36.2. The molecule has 1 saturated heterocycles. The van der Waals surface area contributed by atoms with Crippen molar-refractivity contribution in [1.29, 1.82) is 0 Å². The Morgan fingerprint density at radius 1 is 1.06 bits per heavy atom. The first-order valence-electron chi connectivity index (χ1n) is 10.1. The zero-order chi connectivity index (χ0) is 23.3. The topological polar surface area (TPSA) is 118 Å². The van der Waals surface area contributed by atoms with Crippen LogP contribution in [0.4, 0.5) is 4.79 Å². The third-order valence-electron chi connectivity index (χ3n) is 5.45. The monoisotopic (exact) mass is 461 g/mol. The van der Waals surface area contributed by atoms with Crippen LogP contribution in [0.3, 0.4) is 0 Å². The molecule has 1 fully saturated rings. The quantitative estimate of drug-likeness (QED) is 0.483. The van der Waals surface area contributed by atoms with Gasteiger partial charge in [-0.1, -0.05) is 17.7 Å². The number of piperidine rings is 1. The maximum Gasteiger partial charge on any atom is 0.407 e. The molecule has 2 N–H and O–H groups in total. The highest BCUT2D eigenvalue weighted by Gasteiger charge is 2.28. The second kappa shape index (κ2) is 9.90. The molecule has 0 bridgehead atoms. The Bertz CT molecular complexity index is 1090. The molecule has 2 aromatic rings. The lowest BCUT2D eigenvalue weighted by Gasteiger charge is -2.30. The molecule has 0 atom stereocenters. The summed E-state index contributed by atoms with van der Waals surface area (Å²) >= 11 is 0. The van der Waals surface area contributed by atoms with Gasteiger partial charge in [-0.25, -0.2) is 4.79 Å². The lowest BCUT2D eigenvalue weighted by atomic mass is 9.88. The molecule has 1 aliphatic rings. The average molecular weight is 462 g/mol. The van der Waals surface area contributed by atoms with Crippen molar-refractivity contribution in [3.63, 3.8) is 0 Å². The molecular weight excluding hydrogens is 434 g/mol. The number of aryl methyl sites for hydroxylation is 1. The molecule has 172 valence electrons. The van der Waals surface area contributed by atoms with Gasteiger partial charge >= 0.3 is 6.09 Å². The van der Waals surface area contributed by atoms with Gasteiger partial charge in [0.25, 0.3) is 10.0 Å². The number of hydrogen-bond acceptors (Lipinski definition) is 6. The van der Waals surface area contributed by atoms with Gasteiger partial charge in [-0.2, -0.15) is 18.4 Å². The van der Waals surface area contributed by atoms with E-state index in [4.69, 9.17) is 9.47 Å². The normalized spacial score (nSPS) is 15.3. The fraction of sp³-hybridized carbons (Fsp3) is 0.364. The van der Waals surface area contributed by atoms with Crippen molar-refractivity contribution in [2.24, 2.45) is 11.0 Å². The highest BCUT2D eigenvalue weighted by atomic mass is 32.2. The number of methoxy groups -OCH3 is 2. The Hall–Kier alpha value is -3.27. The Kier molecular flexibility index (Phi) is 7.24. The minimum absolute atomic E-state index is 0.110. The number of nitrogens with zero attached hydrogens (tertiary/aromatic N) is 2. The number of rotatable bonds is 7. The summed E-state index contributed by atoms with van der Waals surface area (Å²) in [6, 6.07) is 11.7. The van der Waals surface area contributed by atoms with Crippen LogP contribution >= 0.6 is 0 Å². The van der Waals surface area contributed by atoms with Crippen molar-refractivity contribution in [3.8, 4) is 11.5 Å². The van der Waals surface area contributed by atoms with Gasteiger partial charge in [-0.3, -0.25) is 0 Å². The molecule has 0 radical (unpaired) electrons. The van der Waals surface area contributed by atoms with Gasteiger partial charge in [0, 0.05) is 24.6 Å². The van der Waals surface area contributed by atoms with Gasteiger partial charge in [0.05, 0.1) is 24.8 Å². The van der Waals surface area contributed by atoms with E-state index in [-0.39, 0.29) is 10.8 Å². The van der Waals surface area contributed by atoms with Crippen molar-refractivity contribution >= 4 is 21.8 Å². The minimum Gasteiger partial charge on any atom is -0.493 e. The van der Waals surface area contributed by atoms with E-state index in [0.29, 0.717) is 48.7 Å². The Labute approximate surface area is 187 Å². The molecule has 1 amide bonds. The predicted octanol–water partition coefficient (Wildman–Crippen LogP) is 3.08. The molecule has 0 saturated carbocycles. The first kappa shape index (κ1) is 23.4. The van der Waals surface area contributed by atoms with E-state index < -0.39 is 16.1 Å². The maximum absolute atomic E-state index is 12.8. The SMILES string of the molecule is COc1ccc(/C(=N/NS(=O)(=O)c2ccc(C)cc2)C2CCN(C(=O)O)CC2)cc1OC. The van der Waals surface area contributed by atoms with Crippen molar-refractivity contribution in [3.05, 3.63) is 53.6 Å². The van der Waals surface area contributed by atoms with Crippen LogP contribution in [0.5, 0.6) is 11.5 Å². The molecule has 0 unspecified atom stereocenters. The molecule has 3 rings (SSSR count). The lowest BCUT2D eigenvalue weighted by molar-refractivity contribution is 0.131. The Morgan fingerprint density at radius 3 is 2.25 bits per heavy atom. The Balaban J connectivity index is 1.95. The summed E-state index contributed by atoms with van der Waals surface area (Å²) in [5.41, 5.74) is 2.14. The van der Waals surface area contributed by atoms with E-state index in [0.717, 1.165) is 5.56 Å². The largest absolute Gasteiger partial charge is 0.493 e. The van der Waals surface area contributed by atoms with Crippen LogP contribution in [0.2, 0.25) is 0 Å². The number of likely N-dealkylation sites (tertiary alicyclic amines) is 1. The summed E-state index contributed by atoms with van der Waals surface area (Å²) in [6.45, 7) is 2.56. The summed E-state index contributed by atoms with van der Waals surface area (Å²) in [7, 11) is -0.820. The molecule has 1 aliphatic heterocycles. The lowest BCUT2D eigenvalue weighted by Crippen LogP contribution is -2.40. The Morgan fingerprint density at radius 2 is 1.69 bits per heavy atom. The van der Waals surface area contributed by atoms with Gasteiger partial charge in [0.1, 0.15) is 0 Å². The first-order valence-corrected chi connectivity index (χ1v) is 11.6. The van der Waals surface area contributed by atoms with E-state index in [1.165, 1.54) is 31.3 Å². The number of nitrogens with one attached hydrogen (secondary N) is 1. The highest BCUT2D eigenvalue weighted by molar-refractivity contribution is 7.89. The molecule has 32 heavy (non-hydrogen) atoms. The number of hydrazone groups is 1. The van der Waals surface area contributed by atoms with Gasteiger partial charge < -0.3 is 19.5 Å². The number of amides is 1. The number of benzene rings is 2. The molecule has 1 heterocycles. The predicted molar refractivity (Wildman–Crippen MR) is 120 cm³/mol. The van der Waals surface area contributed by atoms with Gasteiger partial charge in [-0.15, -0.1) is 0 Å². The fourth-order valence-corrected chi connectivity index (χ4v) is 4.43. The van der Waals surface area contributed by atoms with Crippen LogP contribution in [0, 0.1) is 12.8 Å². The zero-order valence-corrected chi connectivity index (χ0v) is 19.1. The van der Waals surface area contributed by atoms with E-state index in [1.807, 2.05) is 6.92 Å². The van der Waals surface area contributed by atoms with Crippen LogP contribution in [0.1, 0.15) is 24.0 Å². The number of ether oxygens (including phenoxy) is 2. The van der Waals surface area contributed by atoms with Crippen molar-refractivity contribution in [1.82, 2.24) is 9.73 Å². The average Bonchev–Trinajstić information content (AvgIpc) is 2.79. The second-order valence-electron chi connectivity index (χ2n) is 7.52. The summed E-state index contributed by atoms with van der Waals surface area (Å²) in [6.07, 6.45) is 0.0745. The third kappa shape index (κ3) is 5.31. The van der Waals surface area contributed by atoms with Crippen LogP contribution in [0.25, 0.3) is 0 Å². The zero-order valence-electron chi connectivity index (χ0n) is 18.2. The van der Waals surface area contributed by atoms with Crippen molar-refractivity contribution in [2.45, 2.75) is 24.7 Å². The highest BCUT2D eigenvalue weighted by Crippen LogP contribution is 2.30. The smallest absolute Gasteiger partial charge is 0.407 e. The van der Waals surface area contributed by atoms with E-state index >= 15 is 0 Å². The van der Waals surface area contributed by atoms with Crippen LogP contribution in [-0.4, -0.2) is 57.5 Å². The van der Waals surface area contributed by atoms with E-state index in [9.17, 15) is 18.3 Å². The van der Waals surface area contributed by atoms with E-state index in [2.05, 4.69) is 9.93 Å². The van der Waals surface area contributed by atoms with Gasteiger partial charge in [0.15, 0.2) is 11.5 Å². The van der Waals surface area contributed by atoms with Crippen molar-refractivity contribution in [2.75, 3.05) is 27.3 Å². The molecule has 0 aliphatic carbocycles. The molecule has 10 heteroatoms. The summed E-state index contributed by atoms with van der Waals surface area (Å²) in [4.78, 5) is 15.1. The second-order valence-corrected chi connectivity index (χ2v) is 9.18. The maximum atomic E-state index is 12.8. The molecule has 2 aromatic carbocycles. The number of hydrogen-bond donors (Lipinski definition) is 2. The number of carboxylic acid groups (broad SMARTS) is 1. The number of sulfonamides is 1. The molecule has 0 spiro atoms. The van der Waals surface area contributed by atoms with Crippen LogP contribution < -0.4 is 14.3 Å². The van der Waals surface area contributed by atoms with Gasteiger partial charge in [0.2, 0.25) is 0 Å². The summed E-state index contributed by atoms with van der Waals surface area (Å²) in [5.74, 6) is 0.892. The standard InChI is InChI=1S/C22H27N3O6S/c1-15-4-7-18(8-5-15)32(28,29)24-23-21(16-10-12-25(13-11-16)22(26)27)17-6-9-19(30-2)20(14-17)31-3/h4-9,14,16,24H,10-13H2,1-3H3,(H,26,27)/b23-21+. The minimum atomic E-state index is -3.87. The van der Waals surface area contributed by atoms with E-state index in [1.54, 1.807) is 30.3 Å². The molecule has 0 aromatic heterocycles. The number of carbonyl (C=O) groups is 1. The summed E-state index contributed by atoms with van der Waals surface area (Å²) in [5, 5.41) is 13.5. The van der Waals surface area contributed by atoms with Crippen LogP contribution in [-0.2, 0) is 10.0 Å². The van der Waals surface area contributed by atoms with Crippen LogP contribution in [0.15, 0.2) is 52.5 Å². The van der Waals surface area contributed by atoms with Gasteiger partial charge in [-0.05, 0) is 50.1 Å².